The molecule has 35 heavy (non-hydrogen) atoms. The maximum absolute atomic E-state index is 13.4. The van der Waals surface area contributed by atoms with Gasteiger partial charge in [-0.25, -0.2) is 0 Å². The Morgan fingerprint density at radius 1 is 1.09 bits per heavy atom. The number of hydrogen-bond donors (Lipinski definition) is 1. The Labute approximate surface area is 206 Å². The molecule has 3 aromatic rings. The first-order chi connectivity index (χ1) is 17.1. The van der Waals surface area contributed by atoms with Crippen LogP contribution in [0.2, 0.25) is 0 Å². The highest BCUT2D eigenvalue weighted by molar-refractivity contribution is 5.95. The fraction of sp³-hybridized carbons (Fsp3) is 0.393. The molecule has 3 aliphatic rings. The van der Waals surface area contributed by atoms with Crippen LogP contribution in [0.3, 0.4) is 0 Å². The second-order valence-corrected chi connectivity index (χ2v) is 9.69. The molecule has 1 saturated heterocycles. The van der Waals surface area contributed by atoms with Gasteiger partial charge in [0.15, 0.2) is 17.1 Å². The lowest BCUT2D eigenvalue weighted by Crippen LogP contribution is -2.50. The Morgan fingerprint density at radius 3 is 2.69 bits per heavy atom. The van der Waals surface area contributed by atoms with Crippen LogP contribution in [0.15, 0.2) is 60.8 Å². The molecule has 7 nitrogen and oxygen atoms in total. The number of aliphatic hydroxyl groups is 1. The lowest BCUT2D eigenvalue weighted by molar-refractivity contribution is -0.00931. The summed E-state index contributed by atoms with van der Waals surface area (Å²) in [6.45, 7) is 1.21. The molecular weight excluding hydrogens is 444 g/mol. The number of fused-ring (bicyclic) bond motifs is 4. The van der Waals surface area contributed by atoms with E-state index in [4.69, 9.17) is 14.2 Å². The van der Waals surface area contributed by atoms with Crippen LogP contribution >= 0.6 is 0 Å². The molecule has 1 aliphatic carbocycles. The molecule has 3 heterocycles. The van der Waals surface area contributed by atoms with Crippen molar-refractivity contribution in [3.63, 3.8) is 0 Å². The minimum atomic E-state index is -0.435. The molecule has 1 saturated carbocycles. The first kappa shape index (κ1) is 22.0. The molecule has 2 aliphatic heterocycles. The number of rotatable bonds is 4. The van der Waals surface area contributed by atoms with Gasteiger partial charge in [0.05, 0.1) is 24.6 Å². The maximum Gasteiger partial charge on any atom is 0.253 e. The maximum atomic E-state index is 13.4. The predicted molar refractivity (Wildman–Crippen MR) is 133 cm³/mol. The van der Waals surface area contributed by atoms with E-state index in [-0.39, 0.29) is 19.5 Å². The summed E-state index contributed by atoms with van der Waals surface area (Å²) in [4.78, 5) is 15.3. The van der Waals surface area contributed by atoms with Crippen molar-refractivity contribution in [1.82, 2.24) is 9.47 Å². The molecule has 1 aromatic heterocycles. The molecule has 0 radical (unpaired) electrons. The number of nitrogens with zero attached hydrogens (tertiary/aromatic N) is 2. The van der Waals surface area contributed by atoms with E-state index in [9.17, 15) is 9.90 Å². The summed E-state index contributed by atoms with van der Waals surface area (Å²) in [5, 5.41) is 9.78. The number of benzene rings is 2. The van der Waals surface area contributed by atoms with E-state index in [1.165, 1.54) is 0 Å². The number of methoxy groups -OCH3 is 1. The number of aliphatic hydroxyl groups excluding tert-OH is 1. The van der Waals surface area contributed by atoms with Gasteiger partial charge in [-0.2, -0.15) is 0 Å². The number of carbonyl (C=O) groups is 1. The Balaban J connectivity index is 0.00000267. The summed E-state index contributed by atoms with van der Waals surface area (Å²) in [6, 6.07) is 17.6. The normalized spacial score (nSPS) is 22.3. The van der Waals surface area contributed by atoms with E-state index in [1.807, 2.05) is 23.1 Å². The summed E-state index contributed by atoms with van der Waals surface area (Å²) in [6.07, 6.45) is 5.37. The fourth-order valence-corrected chi connectivity index (χ4v) is 5.68. The van der Waals surface area contributed by atoms with Crippen molar-refractivity contribution in [2.45, 2.75) is 49.9 Å². The van der Waals surface area contributed by atoms with Gasteiger partial charge in [0.2, 0.25) is 0 Å². The van der Waals surface area contributed by atoms with E-state index in [0.717, 1.165) is 42.8 Å². The molecule has 1 amide bonds. The zero-order valence-electron chi connectivity index (χ0n) is 19.9. The smallest absolute Gasteiger partial charge is 0.253 e. The van der Waals surface area contributed by atoms with Crippen molar-refractivity contribution in [3.8, 4) is 22.9 Å². The van der Waals surface area contributed by atoms with Crippen molar-refractivity contribution in [3.05, 3.63) is 72.1 Å². The van der Waals surface area contributed by atoms with Crippen LogP contribution in [0.25, 0.3) is 5.69 Å². The van der Waals surface area contributed by atoms with Gasteiger partial charge >= 0.3 is 0 Å². The first-order valence-corrected chi connectivity index (χ1v) is 12.3. The summed E-state index contributed by atoms with van der Waals surface area (Å²) >= 11 is 0. The summed E-state index contributed by atoms with van der Waals surface area (Å²) in [7, 11) is 1.58. The van der Waals surface area contributed by atoms with Crippen LogP contribution < -0.4 is 14.2 Å². The van der Waals surface area contributed by atoms with Crippen LogP contribution in [-0.4, -0.2) is 52.9 Å². The van der Waals surface area contributed by atoms with E-state index in [2.05, 4.69) is 29.0 Å². The average molecular weight is 477 g/mol. The quantitative estimate of drug-likeness (QED) is 0.598. The van der Waals surface area contributed by atoms with Gasteiger partial charge in [-0.3, -0.25) is 4.79 Å². The van der Waals surface area contributed by atoms with Crippen molar-refractivity contribution in [2.75, 3.05) is 20.2 Å². The van der Waals surface area contributed by atoms with Crippen molar-refractivity contribution in [2.24, 2.45) is 0 Å². The number of likely N-dealkylation sites (tertiary alicyclic amines) is 1. The summed E-state index contributed by atoms with van der Waals surface area (Å²) in [5.74, 6) is 2.00. The number of ether oxygens (including phenoxy) is 3. The highest BCUT2D eigenvalue weighted by Crippen LogP contribution is 2.45. The van der Waals surface area contributed by atoms with E-state index in [0.29, 0.717) is 36.6 Å². The van der Waals surface area contributed by atoms with E-state index in [1.54, 1.807) is 25.3 Å². The van der Waals surface area contributed by atoms with E-state index < -0.39 is 5.60 Å². The third-order valence-corrected chi connectivity index (χ3v) is 7.57. The predicted octanol–water partition coefficient (Wildman–Crippen LogP) is 4.55. The molecule has 2 atom stereocenters. The van der Waals surface area contributed by atoms with Gasteiger partial charge in [-0.15, -0.1) is 0 Å². The standard InChI is InChI=1S/C28H30N2O5.H2/c1-33-25-17-19(8-11-24(25)34-21-10-9-20(31)18-21)27(32)29-15-12-28(13-16-29)26-7-4-14-30(26)22-5-2-3-6-23(22)35-28;/h2-8,11,14,17,20-21,31H,9-10,12-13,15-16,18H2,1H3;1H. The van der Waals surface area contributed by atoms with Gasteiger partial charge in [0.25, 0.3) is 5.91 Å². The third kappa shape index (κ3) is 3.84. The van der Waals surface area contributed by atoms with Crippen LogP contribution in [0.5, 0.6) is 17.2 Å². The Morgan fingerprint density at radius 2 is 1.91 bits per heavy atom. The van der Waals surface area contributed by atoms with Crippen LogP contribution in [-0.2, 0) is 5.60 Å². The molecule has 7 heteroatoms. The van der Waals surface area contributed by atoms with E-state index >= 15 is 0 Å². The Hall–Kier alpha value is -3.45. The zero-order valence-corrected chi connectivity index (χ0v) is 19.9. The van der Waals surface area contributed by atoms with Gasteiger partial charge in [-0.1, -0.05) is 12.1 Å². The monoisotopic (exact) mass is 476 g/mol. The number of hydrogen-bond acceptors (Lipinski definition) is 5. The van der Waals surface area contributed by atoms with Gasteiger partial charge in [-0.05, 0) is 55.3 Å². The van der Waals surface area contributed by atoms with Crippen LogP contribution in [0.1, 0.15) is 49.6 Å². The zero-order chi connectivity index (χ0) is 24.0. The highest BCUT2D eigenvalue weighted by atomic mass is 16.5. The lowest BCUT2D eigenvalue weighted by atomic mass is 9.86. The third-order valence-electron chi connectivity index (χ3n) is 7.57. The molecule has 1 spiro atoms. The minimum absolute atomic E-state index is 0. The molecule has 1 N–H and O–H groups in total. The average Bonchev–Trinajstić information content (AvgIpc) is 3.54. The minimum Gasteiger partial charge on any atom is -0.493 e. The van der Waals surface area contributed by atoms with Gasteiger partial charge in [0, 0.05) is 45.5 Å². The molecule has 2 unspecified atom stereocenters. The SMILES string of the molecule is COc1cc(C(=O)N2CCC3(CC2)Oc2ccccc2-n2cccc23)ccc1OC1CCC(O)C1.[HH]. The number of para-hydroxylation sites is 2. The fourth-order valence-electron chi connectivity index (χ4n) is 5.68. The van der Waals surface area contributed by atoms with Crippen molar-refractivity contribution < 1.29 is 25.5 Å². The van der Waals surface area contributed by atoms with Crippen LogP contribution in [0.4, 0.5) is 0 Å². The molecule has 2 fully saturated rings. The number of carbonyl (C=O) groups excluding carboxylic acids is 1. The Bertz CT molecular complexity index is 1250. The lowest BCUT2D eigenvalue weighted by Gasteiger charge is -2.45. The second-order valence-electron chi connectivity index (χ2n) is 9.69. The molecular formula is C28H32N2O5. The number of amides is 1. The largest absolute Gasteiger partial charge is 0.493 e. The van der Waals surface area contributed by atoms with Crippen molar-refractivity contribution in [1.29, 1.82) is 0 Å². The highest BCUT2D eigenvalue weighted by Gasteiger charge is 2.44. The van der Waals surface area contributed by atoms with Gasteiger partial charge < -0.3 is 28.8 Å². The molecule has 6 rings (SSSR count). The number of aromatic nitrogens is 1. The molecule has 0 bridgehead atoms. The van der Waals surface area contributed by atoms with Crippen molar-refractivity contribution >= 4 is 5.91 Å². The second kappa shape index (κ2) is 8.64. The molecule has 184 valence electrons. The first-order valence-electron chi connectivity index (χ1n) is 12.3. The van der Waals surface area contributed by atoms with Crippen LogP contribution in [0, 0.1) is 0 Å². The summed E-state index contributed by atoms with van der Waals surface area (Å²) in [5.41, 5.74) is 2.34. The summed E-state index contributed by atoms with van der Waals surface area (Å²) < 4.78 is 20.4. The molecule has 2 aromatic carbocycles. The Kier molecular flexibility index (Phi) is 5.44. The topological polar surface area (TPSA) is 73.2 Å². The number of piperidine rings is 1. The van der Waals surface area contributed by atoms with Gasteiger partial charge in [0.1, 0.15) is 11.9 Å².